The minimum absolute atomic E-state index is 0.0696. The van der Waals surface area contributed by atoms with Crippen LogP contribution in [0.3, 0.4) is 0 Å². The summed E-state index contributed by atoms with van der Waals surface area (Å²) in [7, 11) is 0. The Hall–Kier alpha value is -1.53. The van der Waals surface area contributed by atoms with Gasteiger partial charge in [0.05, 0.1) is 6.10 Å². The lowest BCUT2D eigenvalue weighted by molar-refractivity contribution is -0.194. The van der Waals surface area contributed by atoms with Crippen LogP contribution in [-0.4, -0.2) is 46.1 Å². The van der Waals surface area contributed by atoms with Crippen molar-refractivity contribution < 1.29 is 29.3 Å². The molecule has 6 heteroatoms. The van der Waals surface area contributed by atoms with Gasteiger partial charge in [0.15, 0.2) is 5.60 Å². The number of fused-ring (bicyclic) bond motifs is 5. The number of rotatable bonds is 4. The van der Waals surface area contributed by atoms with Crippen LogP contribution in [0.15, 0.2) is 11.6 Å². The van der Waals surface area contributed by atoms with E-state index in [4.69, 9.17) is 4.74 Å². The smallest absolute Gasteiger partial charge is 0.334 e. The van der Waals surface area contributed by atoms with Crippen molar-refractivity contribution in [2.75, 3.05) is 6.61 Å². The van der Waals surface area contributed by atoms with Crippen molar-refractivity contribution in [2.45, 2.75) is 90.8 Å². The number of aliphatic hydroxyl groups excluding tert-OH is 2. The van der Waals surface area contributed by atoms with E-state index in [0.29, 0.717) is 24.3 Å². The van der Waals surface area contributed by atoms with Crippen molar-refractivity contribution in [1.82, 2.24) is 0 Å². The number of allylic oxidation sites excluding steroid dienone is 1. The molecule has 0 aromatic heterocycles. The summed E-state index contributed by atoms with van der Waals surface area (Å²) >= 11 is 0. The Labute approximate surface area is 190 Å². The average Bonchev–Trinajstić information content (AvgIpc) is 3.05. The third-order valence-corrected chi connectivity index (χ3v) is 10.1. The van der Waals surface area contributed by atoms with E-state index in [9.17, 15) is 24.6 Å². The van der Waals surface area contributed by atoms with Gasteiger partial charge in [-0.25, -0.2) is 4.79 Å². The standard InChI is InChI=1S/C26H38O6/c1-5-15(2)23(31)32-26(21(30)14-27)11-9-19-18-7-6-16-12-17(28)8-10-24(16,3)22(18)20(29)13-25(19,26)4/h5,16-19,22,27-28H,6-14H2,1-4H3/b15-5+/t16-,17-,18+,19+,22-,24+,25+,26+/m1/s1. The number of Topliss-reactive ketones (excluding diaryl/α,β-unsaturated/α-hetero) is 2. The highest BCUT2D eigenvalue weighted by atomic mass is 16.6. The maximum atomic E-state index is 13.8. The van der Waals surface area contributed by atoms with E-state index in [1.54, 1.807) is 19.9 Å². The van der Waals surface area contributed by atoms with Gasteiger partial charge in [-0.2, -0.15) is 0 Å². The fraction of sp³-hybridized carbons (Fsp3) is 0.808. The van der Waals surface area contributed by atoms with Gasteiger partial charge < -0.3 is 14.9 Å². The first-order valence-electron chi connectivity index (χ1n) is 12.2. The first-order chi connectivity index (χ1) is 15.0. The van der Waals surface area contributed by atoms with Crippen molar-refractivity contribution >= 4 is 17.5 Å². The molecule has 0 aliphatic heterocycles. The van der Waals surface area contributed by atoms with Crippen molar-refractivity contribution in [1.29, 1.82) is 0 Å². The topological polar surface area (TPSA) is 101 Å². The molecule has 4 rings (SSSR count). The van der Waals surface area contributed by atoms with Crippen LogP contribution in [0.25, 0.3) is 0 Å². The molecule has 0 unspecified atom stereocenters. The van der Waals surface area contributed by atoms with Crippen LogP contribution in [0.1, 0.15) is 79.1 Å². The second-order valence-corrected chi connectivity index (χ2v) is 11.3. The van der Waals surface area contributed by atoms with E-state index in [2.05, 4.69) is 6.92 Å². The predicted molar refractivity (Wildman–Crippen MR) is 118 cm³/mol. The van der Waals surface area contributed by atoms with Crippen LogP contribution < -0.4 is 0 Å². The van der Waals surface area contributed by atoms with Crippen molar-refractivity contribution in [2.24, 2.45) is 34.5 Å². The van der Waals surface area contributed by atoms with Crippen LogP contribution >= 0.6 is 0 Å². The summed E-state index contributed by atoms with van der Waals surface area (Å²) in [5.41, 5.74) is -1.98. The lowest BCUT2D eigenvalue weighted by Gasteiger charge is -2.60. The number of aliphatic hydroxyl groups is 2. The summed E-state index contributed by atoms with van der Waals surface area (Å²) in [5, 5.41) is 20.1. The quantitative estimate of drug-likeness (QED) is 0.507. The Balaban J connectivity index is 1.72. The second kappa shape index (κ2) is 8.05. The second-order valence-electron chi connectivity index (χ2n) is 11.3. The number of esters is 1. The minimum atomic E-state index is -1.46. The summed E-state index contributed by atoms with van der Waals surface area (Å²) in [6, 6.07) is 0. The summed E-state index contributed by atoms with van der Waals surface area (Å²) < 4.78 is 5.95. The van der Waals surface area contributed by atoms with Gasteiger partial charge >= 0.3 is 5.97 Å². The molecular formula is C26H38O6. The largest absolute Gasteiger partial charge is 0.447 e. The molecule has 0 heterocycles. The van der Waals surface area contributed by atoms with Gasteiger partial charge in [0.2, 0.25) is 5.78 Å². The molecule has 2 N–H and O–H groups in total. The fourth-order valence-electron chi connectivity index (χ4n) is 8.21. The monoisotopic (exact) mass is 446 g/mol. The van der Waals surface area contributed by atoms with E-state index < -0.39 is 29.4 Å². The molecule has 0 bridgehead atoms. The first-order valence-corrected chi connectivity index (χ1v) is 12.2. The van der Waals surface area contributed by atoms with Crippen LogP contribution in [0.2, 0.25) is 0 Å². The molecule has 178 valence electrons. The number of ether oxygens (including phenoxy) is 1. The number of carbonyl (C=O) groups is 3. The van der Waals surface area contributed by atoms with Crippen molar-refractivity contribution in [3.8, 4) is 0 Å². The molecule has 0 spiro atoms. The van der Waals surface area contributed by atoms with E-state index in [1.165, 1.54) is 0 Å². The van der Waals surface area contributed by atoms with Crippen molar-refractivity contribution in [3.63, 3.8) is 0 Å². The van der Waals surface area contributed by atoms with Crippen molar-refractivity contribution in [3.05, 3.63) is 11.6 Å². The third-order valence-electron chi connectivity index (χ3n) is 10.1. The Bertz CT molecular complexity index is 847. The zero-order valence-corrected chi connectivity index (χ0v) is 19.9. The van der Waals surface area contributed by atoms with Gasteiger partial charge in [0.25, 0.3) is 0 Å². The molecule has 4 saturated carbocycles. The summed E-state index contributed by atoms with van der Waals surface area (Å²) in [6.45, 7) is 6.85. The molecule has 8 atom stereocenters. The van der Waals surface area contributed by atoms with E-state index in [1.807, 2.05) is 6.92 Å². The van der Waals surface area contributed by atoms with Gasteiger partial charge in [-0.3, -0.25) is 9.59 Å². The normalized spacial score (nSPS) is 46.1. The number of carbonyl (C=O) groups excluding carboxylic acids is 3. The van der Waals surface area contributed by atoms with Gasteiger partial charge in [0.1, 0.15) is 12.4 Å². The molecule has 0 aromatic carbocycles. The third kappa shape index (κ3) is 3.16. The molecule has 32 heavy (non-hydrogen) atoms. The lowest BCUT2D eigenvalue weighted by Crippen LogP contribution is -2.63. The number of hydrogen-bond acceptors (Lipinski definition) is 6. The summed E-state index contributed by atoms with van der Waals surface area (Å²) in [5.74, 6) is -0.375. The maximum Gasteiger partial charge on any atom is 0.334 e. The zero-order chi connectivity index (χ0) is 23.5. The van der Waals surface area contributed by atoms with Crippen LogP contribution in [0.5, 0.6) is 0 Å². The van der Waals surface area contributed by atoms with Crippen LogP contribution in [0.4, 0.5) is 0 Å². The number of ketones is 2. The van der Waals surface area contributed by atoms with E-state index in [0.717, 1.165) is 32.1 Å². The van der Waals surface area contributed by atoms with Gasteiger partial charge in [-0.15, -0.1) is 0 Å². The van der Waals surface area contributed by atoms with E-state index >= 15 is 0 Å². The van der Waals surface area contributed by atoms with Crippen LogP contribution in [0, 0.1) is 34.5 Å². The minimum Gasteiger partial charge on any atom is -0.447 e. The molecule has 0 amide bonds. The highest BCUT2D eigenvalue weighted by molar-refractivity contribution is 5.97. The first kappa shape index (κ1) is 23.6. The Morgan fingerprint density at radius 2 is 1.88 bits per heavy atom. The molecular weight excluding hydrogens is 408 g/mol. The molecule has 4 fully saturated rings. The SMILES string of the molecule is C/C=C(\C)C(=O)O[C@]1(C(=O)CO)CC[C@H]2[C@@H]3CC[C@@H]4C[C@H](O)CC[C@]4(C)[C@H]3C(=O)C[C@@]21C. The molecule has 0 radical (unpaired) electrons. The fourth-order valence-corrected chi connectivity index (χ4v) is 8.21. The summed E-state index contributed by atoms with van der Waals surface area (Å²) in [6.07, 6.45) is 6.86. The highest BCUT2D eigenvalue weighted by Gasteiger charge is 2.71. The molecule has 0 aromatic rings. The average molecular weight is 447 g/mol. The van der Waals surface area contributed by atoms with Gasteiger partial charge in [0, 0.05) is 23.3 Å². The highest BCUT2D eigenvalue weighted by Crippen LogP contribution is 2.68. The van der Waals surface area contributed by atoms with Gasteiger partial charge in [-0.05, 0) is 82.0 Å². The molecule has 4 aliphatic carbocycles. The summed E-state index contributed by atoms with van der Waals surface area (Å²) in [4.78, 5) is 39.7. The lowest BCUT2D eigenvalue weighted by atomic mass is 9.44. The Morgan fingerprint density at radius 3 is 2.53 bits per heavy atom. The number of hydrogen-bond donors (Lipinski definition) is 2. The van der Waals surface area contributed by atoms with Gasteiger partial charge in [-0.1, -0.05) is 19.9 Å². The Morgan fingerprint density at radius 1 is 1.16 bits per heavy atom. The predicted octanol–water partition coefficient (Wildman–Crippen LogP) is 3.38. The Kier molecular flexibility index (Phi) is 5.94. The molecule has 6 nitrogen and oxygen atoms in total. The maximum absolute atomic E-state index is 13.8. The van der Waals surface area contributed by atoms with Crippen LogP contribution in [-0.2, 0) is 19.1 Å². The molecule has 4 aliphatic rings. The van der Waals surface area contributed by atoms with E-state index in [-0.39, 0.29) is 41.5 Å². The molecule has 0 saturated heterocycles. The zero-order valence-electron chi connectivity index (χ0n) is 19.9.